The summed E-state index contributed by atoms with van der Waals surface area (Å²) in [7, 11) is 0. The van der Waals surface area contributed by atoms with Crippen molar-refractivity contribution in [3.05, 3.63) is 28.2 Å². The standard InChI is InChI=1S/C13H15BrF2N2O/c1-13(4-2-3-11(13)17)12(19)18-10-6-8(15)7(14)5-9(10)16/h5-6,11H,2-4,17H2,1H3,(H,18,19). The van der Waals surface area contributed by atoms with E-state index in [-0.39, 0.29) is 22.1 Å². The summed E-state index contributed by atoms with van der Waals surface area (Å²) in [5.74, 6) is -1.67. The van der Waals surface area contributed by atoms with Crippen molar-refractivity contribution in [3.63, 3.8) is 0 Å². The number of carbonyl (C=O) groups is 1. The monoisotopic (exact) mass is 332 g/mol. The van der Waals surface area contributed by atoms with Gasteiger partial charge in [0.05, 0.1) is 15.6 Å². The Bertz CT molecular complexity index is 524. The first kappa shape index (κ1) is 14.4. The van der Waals surface area contributed by atoms with Gasteiger partial charge in [-0.2, -0.15) is 0 Å². The summed E-state index contributed by atoms with van der Waals surface area (Å²) >= 11 is 2.89. The van der Waals surface area contributed by atoms with Gasteiger partial charge >= 0.3 is 0 Å². The maximum absolute atomic E-state index is 13.7. The van der Waals surface area contributed by atoms with Crippen LogP contribution in [-0.4, -0.2) is 11.9 Å². The van der Waals surface area contributed by atoms with Gasteiger partial charge in [0.25, 0.3) is 0 Å². The van der Waals surface area contributed by atoms with Gasteiger partial charge in [0.15, 0.2) is 0 Å². The summed E-state index contributed by atoms with van der Waals surface area (Å²) in [6, 6.07) is 1.69. The molecule has 1 fully saturated rings. The first-order valence-electron chi connectivity index (χ1n) is 6.06. The molecule has 1 aliphatic carbocycles. The van der Waals surface area contributed by atoms with E-state index in [0.717, 1.165) is 25.0 Å². The third kappa shape index (κ3) is 2.65. The third-order valence-corrected chi connectivity index (χ3v) is 4.41. The van der Waals surface area contributed by atoms with Gasteiger partial charge in [-0.15, -0.1) is 0 Å². The largest absolute Gasteiger partial charge is 0.327 e. The van der Waals surface area contributed by atoms with E-state index in [2.05, 4.69) is 21.2 Å². The molecule has 3 N–H and O–H groups in total. The number of hydrogen-bond donors (Lipinski definition) is 2. The SMILES string of the molecule is CC1(C(=O)Nc2cc(F)c(Br)cc2F)CCCC1N. The highest BCUT2D eigenvalue weighted by Gasteiger charge is 2.43. The number of benzene rings is 1. The van der Waals surface area contributed by atoms with Crippen molar-refractivity contribution in [2.75, 3.05) is 5.32 Å². The van der Waals surface area contributed by atoms with Gasteiger partial charge in [0.2, 0.25) is 5.91 Å². The van der Waals surface area contributed by atoms with Crippen molar-refractivity contribution < 1.29 is 13.6 Å². The fourth-order valence-electron chi connectivity index (χ4n) is 2.36. The Morgan fingerprint density at radius 3 is 2.74 bits per heavy atom. The second-order valence-electron chi connectivity index (χ2n) is 5.12. The summed E-state index contributed by atoms with van der Waals surface area (Å²) in [6.45, 7) is 1.76. The lowest BCUT2D eigenvalue weighted by molar-refractivity contribution is -0.125. The molecule has 1 aromatic rings. The number of hydrogen-bond acceptors (Lipinski definition) is 2. The summed E-state index contributed by atoms with van der Waals surface area (Å²) in [5, 5.41) is 2.44. The van der Waals surface area contributed by atoms with Gasteiger partial charge in [0, 0.05) is 12.1 Å². The second-order valence-corrected chi connectivity index (χ2v) is 5.97. The first-order chi connectivity index (χ1) is 8.84. The van der Waals surface area contributed by atoms with Gasteiger partial charge in [-0.3, -0.25) is 4.79 Å². The van der Waals surface area contributed by atoms with Crippen molar-refractivity contribution in [2.24, 2.45) is 11.1 Å². The minimum atomic E-state index is -0.726. The molecule has 0 spiro atoms. The van der Waals surface area contributed by atoms with E-state index < -0.39 is 17.0 Å². The Morgan fingerprint density at radius 2 is 2.16 bits per heavy atom. The van der Waals surface area contributed by atoms with Crippen LogP contribution in [0.4, 0.5) is 14.5 Å². The van der Waals surface area contributed by atoms with Crippen LogP contribution in [0.25, 0.3) is 0 Å². The lowest BCUT2D eigenvalue weighted by atomic mass is 9.84. The topological polar surface area (TPSA) is 55.1 Å². The highest BCUT2D eigenvalue weighted by atomic mass is 79.9. The van der Waals surface area contributed by atoms with Crippen molar-refractivity contribution >= 4 is 27.5 Å². The third-order valence-electron chi connectivity index (χ3n) is 3.81. The quantitative estimate of drug-likeness (QED) is 0.817. The number of nitrogens with two attached hydrogens (primary N) is 1. The fraction of sp³-hybridized carbons (Fsp3) is 0.462. The van der Waals surface area contributed by atoms with Crippen LogP contribution >= 0.6 is 15.9 Å². The molecule has 0 bridgehead atoms. The van der Waals surface area contributed by atoms with Crippen LogP contribution < -0.4 is 11.1 Å². The molecule has 1 aromatic carbocycles. The molecule has 2 atom stereocenters. The maximum atomic E-state index is 13.7. The smallest absolute Gasteiger partial charge is 0.231 e. The molecule has 0 heterocycles. The fourth-order valence-corrected chi connectivity index (χ4v) is 2.67. The van der Waals surface area contributed by atoms with Crippen LogP contribution in [-0.2, 0) is 4.79 Å². The van der Waals surface area contributed by atoms with Gasteiger partial charge in [-0.1, -0.05) is 6.42 Å². The molecule has 1 amide bonds. The lowest BCUT2D eigenvalue weighted by Crippen LogP contribution is -2.44. The molecule has 2 rings (SSSR count). The zero-order chi connectivity index (χ0) is 14.2. The molecule has 19 heavy (non-hydrogen) atoms. The molecule has 2 unspecified atom stereocenters. The second kappa shape index (κ2) is 5.17. The van der Waals surface area contributed by atoms with Gasteiger partial charge in [0.1, 0.15) is 11.6 Å². The predicted octanol–water partition coefficient (Wildman–Crippen LogP) is 3.18. The van der Waals surface area contributed by atoms with Gasteiger partial charge in [-0.25, -0.2) is 8.78 Å². The normalized spacial score (nSPS) is 26.5. The Labute approximate surface area is 118 Å². The number of carbonyl (C=O) groups excluding carboxylic acids is 1. The van der Waals surface area contributed by atoms with E-state index in [9.17, 15) is 13.6 Å². The van der Waals surface area contributed by atoms with E-state index >= 15 is 0 Å². The summed E-state index contributed by atoms with van der Waals surface area (Å²) in [4.78, 5) is 12.2. The van der Waals surface area contributed by atoms with E-state index in [0.29, 0.717) is 6.42 Å². The van der Waals surface area contributed by atoms with Gasteiger partial charge in [-0.05, 0) is 41.8 Å². The van der Waals surface area contributed by atoms with Crippen LogP contribution in [0.3, 0.4) is 0 Å². The maximum Gasteiger partial charge on any atom is 0.231 e. The summed E-state index contributed by atoms with van der Waals surface area (Å²) < 4.78 is 27.0. The van der Waals surface area contributed by atoms with Crippen LogP contribution in [0.5, 0.6) is 0 Å². The van der Waals surface area contributed by atoms with Crippen LogP contribution in [0.1, 0.15) is 26.2 Å². The highest BCUT2D eigenvalue weighted by molar-refractivity contribution is 9.10. The molecule has 1 aliphatic rings. The zero-order valence-corrected chi connectivity index (χ0v) is 12.1. The molecule has 3 nitrogen and oxygen atoms in total. The molecule has 6 heteroatoms. The number of nitrogens with one attached hydrogen (secondary N) is 1. The zero-order valence-electron chi connectivity index (χ0n) is 10.5. The van der Waals surface area contributed by atoms with Crippen molar-refractivity contribution in [1.29, 1.82) is 0 Å². The minimum Gasteiger partial charge on any atom is -0.327 e. The summed E-state index contributed by atoms with van der Waals surface area (Å²) in [6.07, 6.45) is 2.28. The van der Waals surface area contributed by atoms with Crippen molar-refractivity contribution in [3.8, 4) is 0 Å². The molecule has 0 aliphatic heterocycles. The average molecular weight is 333 g/mol. The lowest BCUT2D eigenvalue weighted by Gasteiger charge is -2.27. The Morgan fingerprint density at radius 1 is 1.47 bits per heavy atom. The van der Waals surface area contributed by atoms with Gasteiger partial charge < -0.3 is 11.1 Å². The van der Waals surface area contributed by atoms with E-state index in [1.54, 1.807) is 6.92 Å². The van der Waals surface area contributed by atoms with Crippen LogP contribution in [0.2, 0.25) is 0 Å². The van der Waals surface area contributed by atoms with Crippen LogP contribution in [0.15, 0.2) is 16.6 Å². The first-order valence-corrected chi connectivity index (χ1v) is 6.85. The van der Waals surface area contributed by atoms with E-state index in [1.165, 1.54) is 0 Å². The number of anilines is 1. The molecular formula is C13H15BrF2N2O. The van der Waals surface area contributed by atoms with Crippen molar-refractivity contribution in [1.82, 2.24) is 0 Å². The molecule has 0 radical (unpaired) electrons. The highest BCUT2D eigenvalue weighted by Crippen LogP contribution is 2.38. The molecule has 1 saturated carbocycles. The van der Waals surface area contributed by atoms with Crippen molar-refractivity contribution in [2.45, 2.75) is 32.2 Å². The Balaban J connectivity index is 2.22. The molecule has 104 valence electrons. The molecular weight excluding hydrogens is 318 g/mol. The molecule has 0 aromatic heterocycles. The summed E-state index contributed by atoms with van der Waals surface area (Å²) in [5.41, 5.74) is 5.04. The number of amides is 1. The van der Waals surface area contributed by atoms with Crippen LogP contribution in [0, 0.1) is 17.0 Å². The van der Waals surface area contributed by atoms with E-state index in [1.807, 2.05) is 0 Å². The Kier molecular flexibility index (Phi) is 3.92. The van der Waals surface area contributed by atoms with E-state index in [4.69, 9.17) is 5.73 Å². The number of halogens is 3. The predicted molar refractivity (Wildman–Crippen MR) is 72.6 cm³/mol. The molecule has 0 saturated heterocycles. The number of rotatable bonds is 2. The average Bonchev–Trinajstić information content (AvgIpc) is 2.68. The Hall–Kier alpha value is -1.01. The minimum absolute atomic E-state index is 0.0202.